The van der Waals surface area contributed by atoms with Crippen molar-refractivity contribution in [3.05, 3.63) is 110 Å². The molecular weight excluding hydrogens is 536 g/mol. The van der Waals surface area contributed by atoms with E-state index in [4.69, 9.17) is 9.47 Å². The molecule has 0 saturated carbocycles. The second-order valence-electron chi connectivity index (χ2n) is 8.49. The molecule has 0 radical (unpaired) electrons. The van der Waals surface area contributed by atoms with Crippen LogP contribution in [0.1, 0.15) is 18.1 Å². The molecule has 0 aliphatic carbocycles. The van der Waals surface area contributed by atoms with E-state index in [1.807, 2.05) is 0 Å². The van der Waals surface area contributed by atoms with Crippen molar-refractivity contribution in [1.82, 2.24) is 5.32 Å². The molecule has 1 aliphatic rings. The number of hydrogen-bond donors (Lipinski definition) is 1. The summed E-state index contributed by atoms with van der Waals surface area (Å²) < 4.78 is 11.6. The number of nitro groups is 2. The summed E-state index contributed by atoms with van der Waals surface area (Å²) in [6.45, 7) is 5.57. The molecule has 13 heteroatoms. The van der Waals surface area contributed by atoms with Gasteiger partial charge in [-0.1, -0.05) is 24.3 Å². The lowest BCUT2D eigenvalue weighted by molar-refractivity contribution is -0.394. The second-order valence-corrected chi connectivity index (χ2v) is 8.49. The zero-order valence-electron chi connectivity index (χ0n) is 21.6. The van der Waals surface area contributed by atoms with Crippen LogP contribution in [0.2, 0.25) is 0 Å². The first-order valence-electron chi connectivity index (χ1n) is 12.1. The van der Waals surface area contributed by atoms with Crippen molar-refractivity contribution in [2.75, 3.05) is 11.5 Å². The SMILES string of the molecule is C=CCc1cc(/C=C2\C(=O)NC(=O)N(c3ccccc3)C2=O)cc(OCC)c1Oc1ccc([N+](=O)[O-])cc1[N+](=O)[O-]. The molecule has 1 heterocycles. The first kappa shape index (κ1) is 28.2. The summed E-state index contributed by atoms with van der Waals surface area (Å²) in [7, 11) is 0. The van der Waals surface area contributed by atoms with Crippen LogP contribution in [-0.2, 0) is 16.0 Å². The topological polar surface area (TPSA) is 171 Å². The van der Waals surface area contributed by atoms with Crippen molar-refractivity contribution in [2.24, 2.45) is 0 Å². The number of allylic oxidation sites excluding steroid dienone is 1. The van der Waals surface area contributed by atoms with E-state index < -0.39 is 39.1 Å². The molecule has 0 unspecified atom stereocenters. The molecule has 3 aromatic rings. The predicted octanol–water partition coefficient (Wildman–Crippen LogP) is 5.09. The fourth-order valence-corrected chi connectivity index (χ4v) is 4.05. The Morgan fingerprint density at radius 3 is 2.34 bits per heavy atom. The molecule has 0 aromatic heterocycles. The third-order valence-corrected chi connectivity index (χ3v) is 5.81. The molecule has 0 bridgehead atoms. The van der Waals surface area contributed by atoms with E-state index in [-0.39, 0.29) is 41.5 Å². The smallest absolute Gasteiger partial charge is 0.335 e. The van der Waals surface area contributed by atoms with Gasteiger partial charge < -0.3 is 9.47 Å². The number of carbonyl (C=O) groups is 3. The maximum atomic E-state index is 13.2. The molecular formula is C28H22N4O9. The van der Waals surface area contributed by atoms with Gasteiger partial charge in [0, 0.05) is 11.6 Å². The summed E-state index contributed by atoms with van der Waals surface area (Å²) in [6, 6.07) is 13.2. The normalized spacial score (nSPS) is 14.0. The monoisotopic (exact) mass is 558 g/mol. The molecule has 4 rings (SSSR count). The highest BCUT2D eigenvalue weighted by Crippen LogP contribution is 2.41. The highest BCUT2D eigenvalue weighted by Gasteiger charge is 2.37. The summed E-state index contributed by atoms with van der Waals surface area (Å²) in [5.41, 5.74) is -0.417. The average Bonchev–Trinajstić information content (AvgIpc) is 2.93. The number of non-ortho nitro benzene ring substituents is 1. The quantitative estimate of drug-likeness (QED) is 0.117. The van der Waals surface area contributed by atoms with Gasteiger partial charge in [-0.25, -0.2) is 9.69 Å². The molecule has 0 spiro atoms. The van der Waals surface area contributed by atoms with Crippen LogP contribution < -0.4 is 19.7 Å². The summed E-state index contributed by atoms with van der Waals surface area (Å²) >= 11 is 0. The van der Waals surface area contributed by atoms with Crippen LogP contribution in [0.4, 0.5) is 21.9 Å². The van der Waals surface area contributed by atoms with Crippen molar-refractivity contribution in [3.63, 3.8) is 0 Å². The Labute approximate surface area is 232 Å². The van der Waals surface area contributed by atoms with Gasteiger partial charge in [-0.05, 0) is 55.3 Å². The first-order valence-corrected chi connectivity index (χ1v) is 12.1. The zero-order chi connectivity index (χ0) is 29.7. The van der Waals surface area contributed by atoms with Crippen LogP contribution >= 0.6 is 0 Å². The van der Waals surface area contributed by atoms with Gasteiger partial charge in [-0.15, -0.1) is 6.58 Å². The number of ether oxygens (including phenoxy) is 2. The zero-order valence-corrected chi connectivity index (χ0v) is 21.6. The van der Waals surface area contributed by atoms with Crippen LogP contribution in [0, 0.1) is 20.2 Å². The van der Waals surface area contributed by atoms with Gasteiger partial charge in [0.15, 0.2) is 11.5 Å². The number of imide groups is 2. The molecule has 1 aliphatic heterocycles. The number of nitro benzene ring substituents is 2. The highest BCUT2D eigenvalue weighted by molar-refractivity contribution is 6.39. The van der Waals surface area contributed by atoms with Crippen LogP contribution in [0.3, 0.4) is 0 Å². The van der Waals surface area contributed by atoms with Crippen LogP contribution in [-0.4, -0.2) is 34.3 Å². The molecule has 13 nitrogen and oxygen atoms in total. The van der Waals surface area contributed by atoms with E-state index in [0.29, 0.717) is 11.1 Å². The van der Waals surface area contributed by atoms with Gasteiger partial charge in [0.25, 0.3) is 17.5 Å². The standard InChI is InChI=1S/C28H22N4O9/c1-3-8-18-13-17(14-21-26(33)29-28(35)30(27(21)34)19-9-6-5-7-10-19)15-24(40-4-2)25(18)41-23-12-11-20(31(36)37)16-22(23)32(38)39/h3,5-7,9-16H,1,4,8H2,2H3,(H,29,33,35)/b21-14+. The van der Waals surface area contributed by atoms with Gasteiger partial charge in [0.1, 0.15) is 5.57 Å². The molecule has 0 atom stereocenters. The fraction of sp³-hybridized carbons (Fsp3) is 0.107. The van der Waals surface area contributed by atoms with Gasteiger partial charge in [0.05, 0.1) is 28.2 Å². The number of para-hydroxylation sites is 1. The predicted molar refractivity (Wildman–Crippen MR) is 147 cm³/mol. The number of barbiturate groups is 1. The van der Waals surface area contributed by atoms with Gasteiger partial charge in [-0.2, -0.15) is 0 Å². The minimum absolute atomic E-state index is 0.0753. The number of hydrogen-bond acceptors (Lipinski definition) is 9. The average molecular weight is 559 g/mol. The van der Waals surface area contributed by atoms with Gasteiger partial charge in [-0.3, -0.25) is 35.1 Å². The molecule has 4 amide bonds. The number of nitrogens with one attached hydrogen (secondary N) is 1. The minimum atomic E-state index is -0.891. The van der Waals surface area contributed by atoms with Crippen molar-refractivity contribution in [2.45, 2.75) is 13.3 Å². The van der Waals surface area contributed by atoms with Gasteiger partial charge in [0.2, 0.25) is 5.75 Å². The first-order chi connectivity index (χ1) is 19.6. The molecule has 1 saturated heterocycles. The van der Waals surface area contributed by atoms with E-state index in [9.17, 15) is 34.6 Å². The lowest BCUT2D eigenvalue weighted by Crippen LogP contribution is -2.54. The fourth-order valence-electron chi connectivity index (χ4n) is 4.05. The summed E-state index contributed by atoms with van der Waals surface area (Å²) in [5.74, 6) is -1.80. The van der Waals surface area contributed by atoms with Gasteiger partial charge >= 0.3 is 11.7 Å². The third kappa shape index (κ3) is 5.93. The number of benzene rings is 3. The molecule has 208 valence electrons. The number of anilines is 1. The van der Waals surface area contributed by atoms with Crippen molar-refractivity contribution in [1.29, 1.82) is 0 Å². The number of urea groups is 1. The Morgan fingerprint density at radius 1 is 0.976 bits per heavy atom. The maximum absolute atomic E-state index is 13.2. The second kappa shape index (κ2) is 11.9. The minimum Gasteiger partial charge on any atom is -0.490 e. The number of carbonyl (C=O) groups excluding carboxylic acids is 3. The van der Waals surface area contributed by atoms with Crippen molar-refractivity contribution >= 4 is 41.0 Å². The molecule has 1 N–H and O–H groups in total. The van der Waals surface area contributed by atoms with Crippen LogP contribution in [0.5, 0.6) is 17.2 Å². The van der Waals surface area contributed by atoms with E-state index in [0.717, 1.165) is 23.1 Å². The summed E-state index contributed by atoms with van der Waals surface area (Å²) in [6.07, 6.45) is 3.00. The van der Waals surface area contributed by atoms with E-state index >= 15 is 0 Å². The lowest BCUT2D eigenvalue weighted by Gasteiger charge is -2.26. The Bertz CT molecular complexity index is 1620. The van der Waals surface area contributed by atoms with Crippen LogP contribution in [0.15, 0.2) is 78.9 Å². The molecule has 3 aromatic carbocycles. The number of nitrogens with zero attached hydrogens (tertiary/aromatic N) is 3. The maximum Gasteiger partial charge on any atom is 0.335 e. The van der Waals surface area contributed by atoms with Crippen LogP contribution in [0.25, 0.3) is 6.08 Å². The Morgan fingerprint density at radius 2 is 1.71 bits per heavy atom. The molecule has 1 fully saturated rings. The summed E-state index contributed by atoms with van der Waals surface area (Å²) in [4.78, 5) is 60.4. The van der Waals surface area contributed by atoms with E-state index in [1.54, 1.807) is 43.3 Å². The third-order valence-electron chi connectivity index (χ3n) is 5.81. The lowest BCUT2D eigenvalue weighted by atomic mass is 10.0. The highest BCUT2D eigenvalue weighted by atomic mass is 16.6. The largest absolute Gasteiger partial charge is 0.490 e. The van der Waals surface area contributed by atoms with E-state index in [2.05, 4.69) is 11.9 Å². The Balaban J connectivity index is 1.81. The van der Waals surface area contributed by atoms with Crippen molar-refractivity contribution < 1.29 is 33.7 Å². The Hall–Kier alpha value is -5.85. The van der Waals surface area contributed by atoms with E-state index in [1.165, 1.54) is 18.2 Å². The van der Waals surface area contributed by atoms with Crippen molar-refractivity contribution in [3.8, 4) is 17.2 Å². The summed E-state index contributed by atoms with van der Waals surface area (Å²) in [5, 5.41) is 24.9. The molecule has 41 heavy (non-hydrogen) atoms. The Kier molecular flexibility index (Phi) is 8.18. The number of rotatable bonds is 10. The number of amides is 4.